The van der Waals surface area contributed by atoms with Gasteiger partial charge in [0.1, 0.15) is 0 Å². The smallest absolute Gasteiger partial charge is 0.255 e. The monoisotopic (exact) mass is 281 g/mol. The number of nitrogens with one attached hydrogen (secondary N) is 1. The number of hydrogen-bond acceptors (Lipinski definition) is 3. The van der Waals surface area contributed by atoms with Gasteiger partial charge in [-0.05, 0) is 54.4 Å². The van der Waals surface area contributed by atoms with Crippen LogP contribution in [0.1, 0.15) is 38.8 Å². The van der Waals surface area contributed by atoms with E-state index in [1.807, 2.05) is 12.1 Å². The standard InChI is InChI=1S/C17H15NO3/c1-11(19)12-4-6-16(7-5-12)18-17(20)13-2-3-14-9-21-10-15(14)8-13/h2-8H,9-10H2,1H3,(H,18,20). The van der Waals surface area contributed by atoms with Crippen molar-refractivity contribution in [3.63, 3.8) is 0 Å². The topological polar surface area (TPSA) is 55.4 Å². The molecule has 4 nitrogen and oxygen atoms in total. The lowest BCUT2D eigenvalue weighted by Gasteiger charge is -2.07. The zero-order valence-corrected chi connectivity index (χ0v) is 11.7. The van der Waals surface area contributed by atoms with Gasteiger partial charge in [-0.15, -0.1) is 0 Å². The number of rotatable bonds is 3. The normalized spacial score (nSPS) is 12.8. The molecule has 0 fully saturated rings. The number of benzene rings is 2. The molecular weight excluding hydrogens is 266 g/mol. The molecule has 1 aliphatic rings. The third kappa shape index (κ3) is 2.85. The Morgan fingerprint density at radius 2 is 1.62 bits per heavy atom. The Labute approximate surface area is 122 Å². The Hall–Kier alpha value is -2.46. The van der Waals surface area contributed by atoms with Crippen LogP contribution in [0.15, 0.2) is 42.5 Å². The molecular formula is C17H15NO3. The maximum Gasteiger partial charge on any atom is 0.255 e. The highest BCUT2D eigenvalue weighted by Crippen LogP contribution is 2.21. The van der Waals surface area contributed by atoms with E-state index in [9.17, 15) is 9.59 Å². The fraction of sp³-hybridized carbons (Fsp3) is 0.176. The second-order valence-electron chi connectivity index (χ2n) is 5.06. The Bertz CT molecular complexity index is 704. The van der Waals surface area contributed by atoms with Crippen molar-refractivity contribution < 1.29 is 14.3 Å². The van der Waals surface area contributed by atoms with Crippen LogP contribution in [-0.4, -0.2) is 11.7 Å². The van der Waals surface area contributed by atoms with E-state index in [4.69, 9.17) is 4.74 Å². The summed E-state index contributed by atoms with van der Waals surface area (Å²) in [7, 11) is 0. The number of hydrogen-bond donors (Lipinski definition) is 1. The third-order valence-corrected chi connectivity index (χ3v) is 3.53. The summed E-state index contributed by atoms with van der Waals surface area (Å²) in [5.41, 5.74) is 4.10. The highest BCUT2D eigenvalue weighted by atomic mass is 16.5. The summed E-state index contributed by atoms with van der Waals surface area (Å²) in [4.78, 5) is 23.4. The van der Waals surface area contributed by atoms with Crippen LogP contribution in [0.4, 0.5) is 5.69 Å². The summed E-state index contributed by atoms with van der Waals surface area (Å²) in [6, 6.07) is 12.4. The number of carbonyl (C=O) groups excluding carboxylic acids is 2. The lowest BCUT2D eigenvalue weighted by atomic mass is 10.1. The second kappa shape index (κ2) is 5.50. The number of amides is 1. The summed E-state index contributed by atoms with van der Waals surface area (Å²) in [5, 5.41) is 2.82. The average molecular weight is 281 g/mol. The fourth-order valence-corrected chi connectivity index (χ4v) is 2.30. The molecule has 3 rings (SSSR count). The van der Waals surface area contributed by atoms with Crippen molar-refractivity contribution in [2.45, 2.75) is 20.1 Å². The Balaban J connectivity index is 1.75. The minimum absolute atomic E-state index is 0.00602. The summed E-state index contributed by atoms with van der Waals surface area (Å²) in [6.07, 6.45) is 0. The average Bonchev–Trinajstić information content (AvgIpc) is 2.95. The first-order chi connectivity index (χ1) is 10.1. The van der Waals surface area contributed by atoms with Gasteiger partial charge < -0.3 is 10.1 Å². The van der Waals surface area contributed by atoms with Gasteiger partial charge in [-0.3, -0.25) is 9.59 Å². The second-order valence-corrected chi connectivity index (χ2v) is 5.06. The molecule has 21 heavy (non-hydrogen) atoms. The van der Waals surface area contributed by atoms with Crippen LogP contribution in [0.25, 0.3) is 0 Å². The third-order valence-electron chi connectivity index (χ3n) is 3.53. The van der Waals surface area contributed by atoms with E-state index in [1.165, 1.54) is 6.92 Å². The molecule has 1 aliphatic heterocycles. The molecule has 2 aromatic rings. The van der Waals surface area contributed by atoms with Crippen molar-refractivity contribution in [3.05, 3.63) is 64.7 Å². The van der Waals surface area contributed by atoms with Crippen LogP contribution in [0.5, 0.6) is 0 Å². The first kappa shape index (κ1) is 13.5. The van der Waals surface area contributed by atoms with Gasteiger partial charge in [-0.25, -0.2) is 0 Å². The minimum atomic E-state index is -0.166. The van der Waals surface area contributed by atoms with Crippen molar-refractivity contribution in [1.82, 2.24) is 0 Å². The van der Waals surface area contributed by atoms with E-state index >= 15 is 0 Å². The molecule has 0 aliphatic carbocycles. The summed E-state index contributed by atoms with van der Waals surface area (Å²) >= 11 is 0. The van der Waals surface area contributed by atoms with Crippen LogP contribution < -0.4 is 5.32 Å². The van der Waals surface area contributed by atoms with E-state index < -0.39 is 0 Å². The molecule has 0 atom stereocenters. The van der Waals surface area contributed by atoms with Crippen LogP contribution in [0.2, 0.25) is 0 Å². The Morgan fingerprint density at radius 3 is 2.33 bits per heavy atom. The number of ketones is 1. The predicted molar refractivity (Wildman–Crippen MR) is 79.3 cm³/mol. The van der Waals surface area contributed by atoms with Crippen LogP contribution >= 0.6 is 0 Å². The number of fused-ring (bicyclic) bond motifs is 1. The lowest BCUT2D eigenvalue weighted by Crippen LogP contribution is -2.12. The molecule has 106 valence electrons. The zero-order chi connectivity index (χ0) is 14.8. The van der Waals surface area contributed by atoms with Crippen molar-refractivity contribution in [2.24, 2.45) is 0 Å². The van der Waals surface area contributed by atoms with Crippen molar-refractivity contribution >= 4 is 17.4 Å². The number of ether oxygens (including phenoxy) is 1. The van der Waals surface area contributed by atoms with E-state index in [0.29, 0.717) is 30.0 Å². The molecule has 0 aromatic heterocycles. The molecule has 0 bridgehead atoms. The van der Waals surface area contributed by atoms with E-state index in [-0.39, 0.29) is 11.7 Å². The Kier molecular flexibility index (Phi) is 3.54. The SMILES string of the molecule is CC(=O)c1ccc(NC(=O)c2ccc3c(c2)COC3)cc1. The van der Waals surface area contributed by atoms with E-state index in [1.54, 1.807) is 30.3 Å². The fourth-order valence-electron chi connectivity index (χ4n) is 2.30. The van der Waals surface area contributed by atoms with Gasteiger partial charge >= 0.3 is 0 Å². The van der Waals surface area contributed by atoms with Gasteiger partial charge in [0.15, 0.2) is 5.78 Å². The van der Waals surface area contributed by atoms with Gasteiger partial charge in [0.25, 0.3) is 5.91 Å². The maximum atomic E-state index is 12.2. The molecule has 2 aromatic carbocycles. The van der Waals surface area contributed by atoms with Crippen LogP contribution in [0.3, 0.4) is 0 Å². The first-order valence-corrected chi connectivity index (χ1v) is 6.75. The molecule has 1 heterocycles. The summed E-state index contributed by atoms with van der Waals surface area (Å²) in [5.74, 6) is -0.160. The number of Topliss-reactive ketones (excluding diaryl/α,β-unsaturated/α-hetero) is 1. The highest BCUT2D eigenvalue weighted by molar-refractivity contribution is 6.04. The Morgan fingerprint density at radius 1 is 0.952 bits per heavy atom. The molecule has 0 radical (unpaired) electrons. The van der Waals surface area contributed by atoms with Gasteiger partial charge in [-0.1, -0.05) is 6.07 Å². The first-order valence-electron chi connectivity index (χ1n) is 6.75. The molecule has 1 N–H and O–H groups in total. The van der Waals surface area contributed by atoms with Crippen LogP contribution in [-0.2, 0) is 18.0 Å². The van der Waals surface area contributed by atoms with Crippen molar-refractivity contribution in [3.8, 4) is 0 Å². The molecule has 0 saturated heterocycles. The lowest BCUT2D eigenvalue weighted by molar-refractivity contribution is 0.101. The highest BCUT2D eigenvalue weighted by Gasteiger charge is 2.14. The zero-order valence-electron chi connectivity index (χ0n) is 11.7. The quantitative estimate of drug-likeness (QED) is 0.879. The largest absolute Gasteiger partial charge is 0.372 e. The maximum absolute atomic E-state index is 12.2. The van der Waals surface area contributed by atoms with Crippen molar-refractivity contribution in [2.75, 3.05) is 5.32 Å². The molecule has 0 spiro atoms. The molecule has 0 unspecified atom stereocenters. The van der Waals surface area contributed by atoms with Gasteiger partial charge in [-0.2, -0.15) is 0 Å². The van der Waals surface area contributed by atoms with E-state index in [0.717, 1.165) is 11.1 Å². The van der Waals surface area contributed by atoms with Crippen molar-refractivity contribution in [1.29, 1.82) is 0 Å². The number of carbonyl (C=O) groups is 2. The predicted octanol–water partition coefficient (Wildman–Crippen LogP) is 3.17. The summed E-state index contributed by atoms with van der Waals surface area (Å²) in [6.45, 7) is 2.69. The number of anilines is 1. The molecule has 0 saturated carbocycles. The minimum Gasteiger partial charge on any atom is -0.372 e. The van der Waals surface area contributed by atoms with E-state index in [2.05, 4.69) is 5.32 Å². The molecule has 4 heteroatoms. The van der Waals surface area contributed by atoms with Gasteiger partial charge in [0.05, 0.1) is 13.2 Å². The van der Waals surface area contributed by atoms with Gasteiger partial charge in [0.2, 0.25) is 0 Å². The summed E-state index contributed by atoms with van der Waals surface area (Å²) < 4.78 is 5.34. The van der Waals surface area contributed by atoms with Gasteiger partial charge in [0, 0.05) is 16.8 Å². The molecule has 1 amide bonds. The van der Waals surface area contributed by atoms with Crippen LogP contribution in [0, 0.1) is 0 Å².